The molecule has 1 unspecified atom stereocenters. The lowest BCUT2D eigenvalue weighted by Crippen LogP contribution is -2.47. The number of carbonyl (C=O) groups is 3. The maximum Gasteiger partial charge on any atom is 0.426 e. The van der Waals surface area contributed by atoms with E-state index in [1.807, 2.05) is 0 Å². The summed E-state index contributed by atoms with van der Waals surface area (Å²) in [5, 5.41) is 0. The van der Waals surface area contributed by atoms with Gasteiger partial charge in [0, 0.05) is 19.3 Å². The number of aromatic nitrogens is 1. The predicted molar refractivity (Wildman–Crippen MR) is 85.8 cm³/mol. The van der Waals surface area contributed by atoms with Crippen LogP contribution in [-0.2, 0) is 9.53 Å². The molecule has 130 valence electrons. The second-order valence-corrected chi connectivity index (χ2v) is 6.57. The van der Waals surface area contributed by atoms with Crippen molar-refractivity contribution in [1.29, 1.82) is 0 Å². The lowest BCUT2D eigenvalue weighted by atomic mass is 10.1. The molecule has 8 heteroatoms. The zero-order valence-corrected chi connectivity index (χ0v) is 14.0. The van der Waals surface area contributed by atoms with E-state index in [-0.39, 0.29) is 24.3 Å². The molecule has 0 spiro atoms. The number of hydrogen-bond acceptors (Lipinski definition) is 5. The molecule has 24 heavy (non-hydrogen) atoms. The molecule has 1 fully saturated rings. The Morgan fingerprint density at radius 1 is 1.25 bits per heavy atom. The van der Waals surface area contributed by atoms with Crippen LogP contribution in [0.2, 0.25) is 0 Å². The Hall–Kier alpha value is -2.64. The third-order valence-electron chi connectivity index (χ3n) is 3.42. The van der Waals surface area contributed by atoms with Gasteiger partial charge in [0.1, 0.15) is 11.3 Å². The lowest BCUT2D eigenvalue weighted by Gasteiger charge is -2.20. The van der Waals surface area contributed by atoms with E-state index in [0.29, 0.717) is 18.7 Å². The van der Waals surface area contributed by atoms with E-state index in [0.717, 1.165) is 0 Å². The van der Waals surface area contributed by atoms with E-state index < -0.39 is 11.7 Å². The van der Waals surface area contributed by atoms with Gasteiger partial charge in [-0.2, -0.15) is 0 Å². The topological polar surface area (TPSA) is 101 Å². The van der Waals surface area contributed by atoms with E-state index >= 15 is 0 Å². The Morgan fingerprint density at radius 2 is 2.00 bits per heavy atom. The SMILES string of the molecule is CC(C)(C)OC(=O)NNC(=O)C1CCN(C(=O)c2ccccn2)C1. The van der Waals surface area contributed by atoms with Gasteiger partial charge in [0.15, 0.2) is 0 Å². The first kappa shape index (κ1) is 17.7. The van der Waals surface area contributed by atoms with Crippen molar-refractivity contribution < 1.29 is 19.1 Å². The fraction of sp³-hybridized carbons (Fsp3) is 0.500. The second kappa shape index (κ2) is 7.29. The smallest absolute Gasteiger partial charge is 0.426 e. The maximum absolute atomic E-state index is 12.3. The van der Waals surface area contributed by atoms with Gasteiger partial charge in [-0.1, -0.05) is 6.07 Å². The summed E-state index contributed by atoms with van der Waals surface area (Å²) in [6.07, 6.45) is 1.36. The molecule has 0 aliphatic carbocycles. The summed E-state index contributed by atoms with van der Waals surface area (Å²) in [5.74, 6) is -0.934. The van der Waals surface area contributed by atoms with Crippen molar-refractivity contribution >= 4 is 17.9 Å². The molecule has 2 N–H and O–H groups in total. The number of amides is 3. The number of likely N-dealkylation sites (tertiary alicyclic amines) is 1. The summed E-state index contributed by atoms with van der Waals surface area (Å²) < 4.78 is 5.03. The van der Waals surface area contributed by atoms with Crippen LogP contribution in [0.1, 0.15) is 37.7 Å². The number of hydrogen-bond donors (Lipinski definition) is 2. The second-order valence-electron chi connectivity index (χ2n) is 6.57. The van der Waals surface area contributed by atoms with Gasteiger partial charge in [-0.05, 0) is 39.3 Å². The number of rotatable bonds is 2. The number of nitrogens with zero attached hydrogens (tertiary/aromatic N) is 2. The molecule has 3 amide bonds. The van der Waals surface area contributed by atoms with Gasteiger partial charge in [0.25, 0.3) is 5.91 Å². The zero-order valence-electron chi connectivity index (χ0n) is 14.0. The Kier molecular flexibility index (Phi) is 5.38. The number of nitrogens with one attached hydrogen (secondary N) is 2. The molecule has 1 aromatic rings. The van der Waals surface area contributed by atoms with Crippen LogP contribution in [0, 0.1) is 5.92 Å². The first-order valence-electron chi connectivity index (χ1n) is 7.75. The summed E-state index contributed by atoms with van der Waals surface area (Å²) >= 11 is 0. The summed E-state index contributed by atoms with van der Waals surface area (Å²) in [6.45, 7) is 5.95. The molecule has 1 aliphatic heterocycles. The lowest BCUT2D eigenvalue weighted by molar-refractivity contribution is -0.125. The van der Waals surface area contributed by atoms with Crippen molar-refractivity contribution in [2.75, 3.05) is 13.1 Å². The quantitative estimate of drug-likeness (QED) is 0.789. The van der Waals surface area contributed by atoms with E-state index in [2.05, 4.69) is 15.8 Å². The predicted octanol–water partition coefficient (Wildman–Crippen LogP) is 1.10. The fourth-order valence-corrected chi connectivity index (χ4v) is 2.33. The summed E-state index contributed by atoms with van der Waals surface area (Å²) in [4.78, 5) is 41.5. The standard InChI is InChI=1S/C16H22N4O4/c1-16(2,3)24-15(23)19-18-13(21)11-7-9-20(10-11)14(22)12-6-4-5-8-17-12/h4-6,8,11H,7,9-10H2,1-3H3,(H,18,21)(H,19,23). The van der Waals surface area contributed by atoms with Crippen LogP contribution in [0.5, 0.6) is 0 Å². The van der Waals surface area contributed by atoms with Crippen LogP contribution in [0.3, 0.4) is 0 Å². The van der Waals surface area contributed by atoms with Crippen LogP contribution in [0.4, 0.5) is 4.79 Å². The van der Waals surface area contributed by atoms with Gasteiger partial charge in [-0.25, -0.2) is 10.2 Å². The largest absolute Gasteiger partial charge is 0.443 e. The highest BCUT2D eigenvalue weighted by molar-refractivity contribution is 5.93. The first-order chi connectivity index (χ1) is 11.3. The highest BCUT2D eigenvalue weighted by Gasteiger charge is 2.32. The molecule has 2 rings (SSSR count). The summed E-state index contributed by atoms with van der Waals surface area (Å²) in [6, 6.07) is 5.12. The minimum Gasteiger partial charge on any atom is -0.443 e. The van der Waals surface area contributed by atoms with Crippen LogP contribution in [-0.4, -0.2) is 46.5 Å². The van der Waals surface area contributed by atoms with Crippen molar-refractivity contribution in [2.24, 2.45) is 5.92 Å². The zero-order chi connectivity index (χ0) is 17.7. The molecular weight excluding hydrogens is 312 g/mol. The van der Waals surface area contributed by atoms with E-state index in [9.17, 15) is 14.4 Å². The van der Waals surface area contributed by atoms with Crippen LogP contribution in [0.25, 0.3) is 0 Å². The molecule has 0 aromatic carbocycles. The Balaban J connectivity index is 1.81. The number of pyridine rings is 1. The highest BCUT2D eigenvalue weighted by Crippen LogP contribution is 2.18. The van der Waals surface area contributed by atoms with Gasteiger partial charge in [-0.3, -0.25) is 20.0 Å². The molecule has 0 bridgehead atoms. The molecule has 1 aliphatic rings. The van der Waals surface area contributed by atoms with Gasteiger partial charge in [0.05, 0.1) is 5.92 Å². The number of hydrazine groups is 1. The molecule has 1 saturated heterocycles. The Morgan fingerprint density at radius 3 is 2.62 bits per heavy atom. The molecular formula is C16H22N4O4. The summed E-state index contributed by atoms with van der Waals surface area (Å²) in [5.41, 5.74) is 4.25. The normalized spacial score (nSPS) is 17.3. The van der Waals surface area contributed by atoms with Crippen molar-refractivity contribution in [1.82, 2.24) is 20.7 Å². The monoisotopic (exact) mass is 334 g/mol. The minimum absolute atomic E-state index is 0.203. The number of carbonyl (C=O) groups excluding carboxylic acids is 3. The Labute approximate surface area is 140 Å². The molecule has 1 aromatic heterocycles. The highest BCUT2D eigenvalue weighted by atomic mass is 16.6. The van der Waals surface area contributed by atoms with Crippen molar-refractivity contribution in [3.63, 3.8) is 0 Å². The fourth-order valence-electron chi connectivity index (χ4n) is 2.33. The van der Waals surface area contributed by atoms with Crippen LogP contribution in [0.15, 0.2) is 24.4 Å². The number of ether oxygens (including phenoxy) is 1. The Bertz CT molecular complexity index is 612. The maximum atomic E-state index is 12.3. The van der Waals surface area contributed by atoms with Gasteiger partial charge < -0.3 is 9.64 Å². The average molecular weight is 334 g/mol. The van der Waals surface area contributed by atoms with Crippen LogP contribution < -0.4 is 10.9 Å². The van der Waals surface area contributed by atoms with Gasteiger partial charge in [-0.15, -0.1) is 0 Å². The molecule has 8 nitrogen and oxygen atoms in total. The molecule has 0 saturated carbocycles. The van der Waals surface area contributed by atoms with Crippen molar-refractivity contribution in [3.05, 3.63) is 30.1 Å². The molecule has 2 heterocycles. The third-order valence-corrected chi connectivity index (χ3v) is 3.42. The minimum atomic E-state index is -0.727. The van der Waals surface area contributed by atoms with E-state index in [1.165, 1.54) is 0 Å². The summed E-state index contributed by atoms with van der Waals surface area (Å²) in [7, 11) is 0. The van der Waals surface area contributed by atoms with Gasteiger partial charge >= 0.3 is 6.09 Å². The molecule has 0 radical (unpaired) electrons. The molecule has 1 atom stereocenters. The van der Waals surface area contributed by atoms with Crippen molar-refractivity contribution in [2.45, 2.75) is 32.8 Å². The van der Waals surface area contributed by atoms with E-state index in [4.69, 9.17) is 4.74 Å². The average Bonchev–Trinajstić information content (AvgIpc) is 3.01. The van der Waals surface area contributed by atoms with Crippen molar-refractivity contribution in [3.8, 4) is 0 Å². The first-order valence-corrected chi connectivity index (χ1v) is 7.75. The van der Waals surface area contributed by atoms with Crippen LogP contribution >= 0.6 is 0 Å². The third kappa shape index (κ3) is 4.94. The van der Waals surface area contributed by atoms with E-state index in [1.54, 1.807) is 50.1 Å². The van der Waals surface area contributed by atoms with Gasteiger partial charge in [0.2, 0.25) is 5.91 Å².